The van der Waals surface area contributed by atoms with Crippen LogP contribution in [0.4, 0.5) is 0 Å². The number of aromatic nitrogens is 3. The molecule has 0 radical (unpaired) electrons. The number of thiol groups is 2. The number of fused-ring (bicyclic) bond motifs is 1. The van der Waals surface area contributed by atoms with E-state index in [2.05, 4.69) is 82.7 Å². The van der Waals surface area contributed by atoms with Gasteiger partial charge in [0.05, 0.1) is 18.5 Å². The zero-order valence-electron chi connectivity index (χ0n) is 47.7. The Balaban J connectivity index is 1.22. The lowest BCUT2D eigenvalue weighted by Crippen LogP contribution is -2.62. The molecule has 0 fully saturated rings. The fraction of sp³-hybridized carbons (Fsp3) is 0.367. The number of imidazole rings is 1. The number of aromatic amines is 2. The van der Waals surface area contributed by atoms with Gasteiger partial charge in [-0.2, -0.15) is 25.3 Å². The van der Waals surface area contributed by atoms with Crippen LogP contribution in [0.5, 0.6) is 5.75 Å². The zero-order chi connectivity index (χ0) is 63.0. The van der Waals surface area contributed by atoms with Gasteiger partial charge in [-0.25, -0.2) is 9.78 Å². The third-order valence-corrected chi connectivity index (χ3v) is 14.9. The van der Waals surface area contributed by atoms with E-state index in [0.29, 0.717) is 45.3 Å². The number of hydrogen-bond donors (Lipinski definition) is 17. The van der Waals surface area contributed by atoms with Gasteiger partial charge in [-0.1, -0.05) is 91.0 Å². The molecule has 0 spiro atoms. The van der Waals surface area contributed by atoms with Crippen LogP contribution in [0.15, 0.2) is 128 Å². The number of carbonyl (C=O) groups excluding carboxylic acids is 8. The number of unbranched alkanes of at least 4 members (excludes halogenated alkanes) is 1. The van der Waals surface area contributed by atoms with Crippen molar-refractivity contribution in [3.05, 3.63) is 156 Å². The number of aliphatic hydroxyl groups excluding tert-OH is 1. The summed E-state index contributed by atoms with van der Waals surface area (Å²) in [5, 5.41) is 52.3. The number of nitrogens with one attached hydrogen (secondary N) is 10. The number of aliphatic hydroxyl groups is 1. The third kappa shape index (κ3) is 20.7. The fourth-order valence-electron chi connectivity index (χ4n) is 9.35. The number of carboxylic acid groups (broad SMARTS) is 1. The quantitative estimate of drug-likeness (QED) is 0.0183. The monoisotopic (exact) mass is 1230 g/mol. The summed E-state index contributed by atoms with van der Waals surface area (Å²) in [5.74, 6) is -8.92. The van der Waals surface area contributed by atoms with Crippen molar-refractivity contribution in [2.75, 3.05) is 18.1 Å². The molecule has 87 heavy (non-hydrogen) atoms. The van der Waals surface area contributed by atoms with Crippen LogP contribution in [-0.2, 0) is 75.3 Å². The van der Waals surface area contributed by atoms with Gasteiger partial charge in [0, 0.05) is 72.6 Å². The second kappa shape index (κ2) is 33.8. The highest BCUT2D eigenvalue weighted by Gasteiger charge is 2.36. The first-order chi connectivity index (χ1) is 41.8. The highest BCUT2D eigenvalue weighted by Crippen LogP contribution is 2.20. The number of benzene rings is 4. The van der Waals surface area contributed by atoms with Gasteiger partial charge in [-0.15, -0.1) is 0 Å². The molecule has 6 aromatic rings. The predicted octanol–water partition coefficient (Wildman–Crippen LogP) is -0.230. The van der Waals surface area contributed by atoms with E-state index in [4.69, 9.17) is 11.5 Å². The van der Waals surface area contributed by atoms with Crippen LogP contribution in [0.1, 0.15) is 54.1 Å². The van der Waals surface area contributed by atoms with E-state index >= 15 is 0 Å². The molecule has 0 aliphatic carbocycles. The molecule has 0 bridgehead atoms. The van der Waals surface area contributed by atoms with E-state index in [1.807, 2.05) is 6.07 Å². The summed E-state index contributed by atoms with van der Waals surface area (Å²) in [5.41, 5.74) is 15.7. The molecule has 4 aromatic carbocycles. The van der Waals surface area contributed by atoms with E-state index in [1.54, 1.807) is 97.2 Å². The Kier molecular flexibility index (Phi) is 26.2. The zero-order valence-corrected chi connectivity index (χ0v) is 49.5. The van der Waals surface area contributed by atoms with E-state index in [1.165, 1.54) is 31.6 Å². The van der Waals surface area contributed by atoms with Gasteiger partial charge in [0.2, 0.25) is 47.3 Å². The summed E-state index contributed by atoms with van der Waals surface area (Å²) < 4.78 is 0. The number of amides is 8. The number of H-pyrrole nitrogens is 2. The standard InChI is InChI=1S/C60H75N13O12S2/c1-34(74)51(59(83)72-50(32-87)58(82)70-48(60(84)85)26-36-14-6-3-7-15-36)73-53(77)44(18-10-11-23-61)66-56(80)47(27-38-29-64-43-17-9-8-16-41(38)43)69-54(78)46(24-35-12-4-2-5-13-35)68-57(81)49(31-86)71-55(79)45(25-37-19-21-40(75)22-20-37)67-52(76)42(62)28-39-30-63-33-65-39/h2-9,12-17,19-22,29-30,33-34,42,44-51,64,74-75,86-87H,10-11,18,23-28,31-32,61-62H2,1H3,(H,63,65)(H,66,80)(H,67,76)(H,68,81)(H,69,78)(H,70,82)(H,71,79)(H,72,83)(H,73,77)(H,84,85)/t34-,42+,44+,45+,46+,47-,48+,49+,50+,51+/m1/s1. The number of para-hydroxylation sites is 1. The molecular weight excluding hydrogens is 1160 g/mol. The largest absolute Gasteiger partial charge is 0.508 e. The minimum atomic E-state index is -1.73. The highest BCUT2D eigenvalue weighted by molar-refractivity contribution is 7.80. The molecular formula is C60H75N13O12S2. The van der Waals surface area contributed by atoms with Gasteiger partial charge < -0.3 is 79.3 Å². The molecule has 25 nitrogen and oxygen atoms in total. The Labute approximate surface area is 513 Å². The lowest BCUT2D eigenvalue weighted by molar-refractivity contribution is -0.142. The highest BCUT2D eigenvalue weighted by atomic mass is 32.1. The average Bonchev–Trinajstić information content (AvgIpc) is 2.57. The van der Waals surface area contributed by atoms with E-state index in [0.717, 1.165) is 0 Å². The first-order valence-corrected chi connectivity index (χ1v) is 29.4. The maximum absolute atomic E-state index is 14.9. The average molecular weight is 1230 g/mol. The Morgan fingerprint density at radius 2 is 0.989 bits per heavy atom. The van der Waals surface area contributed by atoms with Crippen molar-refractivity contribution in [2.45, 2.75) is 119 Å². The molecule has 27 heteroatoms. The number of rotatable bonds is 34. The van der Waals surface area contributed by atoms with Crippen molar-refractivity contribution < 1.29 is 58.5 Å². The van der Waals surface area contributed by atoms with Crippen LogP contribution in [0.2, 0.25) is 0 Å². The summed E-state index contributed by atoms with van der Waals surface area (Å²) in [6, 6.07) is 17.6. The molecule has 0 saturated carbocycles. The lowest BCUT2D eigenvalue weighted by atomic mass is 10.0. The summed E-state index contributed by atoms with van der Waals surface area (Å²) in [6.07, 6.45) is 3.25. The van der Waals surface area contributed by atoms with Crippen LogP contribution in [0, 0.1) is 0 Å². The summed E-state index contributed by atoms with van der Waals surface area (Å²) in [4.78, 5) is 136. The molecule has 8 amide bonds. The van der Waals surface area contributed by atoms with Crippen molar-refractivity contribution in [1.82, 2.24) is 57.5 Å². The summed E-state index contributed by atoms with van der Waals surface area (Å²) >= 11 is 8.59. The number of nitrogens with zero attached hydrogens (tertiary/aromatic N) is 1. The van der Waals surface area contributed by atoms with Crippen molar-refractivity contribution in [1.29, 1.82) is 0 Å². The number of carboxylic acids is 1. The Morgan fingerprint density at radius 3 is 1.52 bits per heavy atom. The lowest BCUT2D eigenvalue weighted by Gasteiger charge is -2.28. The Morgan fingerprint density at radius 1 is 0.529 bits per heavy atom. The normalized spacial score (nSPS) is 14.6. The SMILES string of the molecule is C[C@@H](O)[C@H](NC(=O)[C@H](CCCCN)NC(=O)[C@@H](Cc1c[nH]c2ccccc12)NC(=O)[C@H](Cc1ccccc1)NC(=O)[C@H](CS)NC(=O)[C@H](Cc1ccc(O)cc1)NC(=O)[C@@H](N)Cc1cnc[nH]1)C(=O)N[C@@H](CS)C(=O)N[C@@H](Cc1ccccc1)C(=O)O. The number of nitrogens with two attached hydrogens (primary N) is 2. The van der Waals surface area contributed by atoms with Crippen LogP contribution in [-0.4, -0.2) is 162 Å². The number of carbonyl (C=O) groups is 9. The van der Waals surface area contributed by atoms with Crippen LogP contribution < -0.4 is 54.0 Å². The van der Waals surface area contributed by atoms with Gasteiger partial charge in [0.15, 0.2) is 0 Å². The molecule has 0 aliphatic heterocycles. The minimum absolute atomic E-state index is 0.0344. The van der Waals surface area contributed by atoms with E-state index in [9.17, 15) is 58.5 Å². The maximum atomic E-state index is 14.9. The smallest absolute Gasteiger partial charge is 0.326 e. The van der Waals surface area contributed by atoms with Crippen molar-refractivity contribution in [3.63, 3.8) is 0 Å². The molecule has 17 N–H and O–H groups in total. The fourth-order valence-corrected chi connectivity index (χ4v) is 9.87. The second-order valence-electron chi connectivity index (χ2n) is 20.8. The van der Waals surface area contributed by atoms with Gasteiger partial charge in [0.1, 0.15) is 54.1 Å². The van der Waals surface area contributed by atoms with Gasteiger partial charge >= 0.3 is 5.97 Å². The molecule has 0 saturated heterocycles. The second-order valence-corrected chi connectivity index (χ2v) is 21.6. The predicted molar refractivity (Wildman–Crippen MR) is 330 cm³/mol. The first-order valence-electron chi connectivity index (χ1n) is 28.2. The summed E-state index contributed by atoms with van der Waals surface area (Å²) in [7, 11) is 0. The molecule has 0 aliphatic rings. The molecule has 6 rings (SSSR count). The van der Waals surface area contributed by atoms with Crippen LogP contribution >= 0.6 is 25.3 Å². The van der Waals surface area contributed by atoms with Gasteiger partial charge in [-0.05, 0) is 73.2 Å². The van der Waals surface area contributed by atoms with E-state index in [-0.39, 0.29) is 68.7 Å². The topological polar surface area (TPSA) is 407 Å². The molecule has 0 unspecified atom stereocenters. The number of phenols is 1. The number of aliphatic carboxylic acids is 1. The van der Waals surface area contributed by atoms with Crippen LogP contribution in [0.3, 0.4) is 0 Å². The number of hydrogen-bond acceptors (Lipinski definition) is 16. The number of phenolic OH excluding ortho intramolecular Hbond substituents is 1. The first kappa shape index (κ1) is 67.4. The van der Waals surface area contributed by atoms with Crippen molar-refractivity contribution in [3.8, 4) is 5.75 Å². The van der Waals surface area contributed by atoms with E-state index < -0.39 is 114 Å². The number of aromatic hydroxyl groups is 1. The summed E-state index contributed by atoms with van der Waals surface area (Å²) in [6.45, 7) is 1.43. The third-order valence-electron chi connectivity index (χ3n) is 14.2. The molecule has 2 heterocycles. The van der Waals surface area contributed by atoms with Crippen LogP contribution in [0.25, 0.3) is 10.9 Å². The minimum Gasteiger partial charge on any atom is -0.508 e. The van der Waals surface area contributed by atoms with Crippen molar-refractivity contribution in [2.24, 2.45) is 11.5 Å². The Hall–Kier alpha value is -8.76. The van der Waals surface area contributed by atoms with Gasteiger partial charge in [0.25, 0.3) is 0 Å². The molecule has 464 valence electrons. The maximum Gasteiger partial charge on any atom is 0.326 e. The molecule has 10 atom stereocenters. The Bertz CT molecular complexity index is 3250. The van der Waals surface area contributed by atoms with Crippen molar-refractivity contribution >= 4 is 89.4 Å². The molecule has 2 aromatic heterocycles. The van der Waals surface area contributed by atoms with Gasteiger partial charge in [-0.3, -0.25) is 38.4 Å².